The third kappa shape index (κ3) is 22.3. The standard InChI is InChI=1S/C38H45N7O5S2.C29H43N5O5S/c1-5-44-23-33(24-45(44)6-2)40-37(47)38(48)42-41-30-18-20-31(21-19-30)43-52(49,50)34-9-7-8-32(22-34)39-35(46)25-51-36(28-14-10-26(3)11-15-28)29-16-12-27(4)13-17-29;1-20-9-14-25(21(2)17-20)39-15-7-8-16-40(37,38)33-23-12-10-22(11-13-23)31-32-27(36)26(35)30-24-18-28(3,4)34-29(5,6)19-24/h7-22,33,36,41,43H,5-6,23-25H2,1-4H3,(H,39,46)(H,40,47)(H,42,48);9-14,17,24,31,33-34H,7-8,15-16,18-19H2,1-6H3,(H,30,35)(H,32,36). The van der Waals surface area contributed by atoms with Crippen LogP contribution >= 0.6 is 11.8 Å². The molecule has 8 rings (SSSR count). The van der Waals surface area contributed by atoms with Crippen LogP contribution in [0.15, 0.2) is 144 Å². The lowest BCUT2D eigenvalue weighted by Gasteiger charge is -2.46. The highest BCUT2D eigenvalue weighted by atomic mass is 32.2. The summed E-state index contributed by atoms with van der Waals surface area (Å²) in [5.41, 5.74) is 18.5. The summed E-state index contributed by atoms with van der Waals surface area (Å²) in [6.07, 6.45) is 2.49. The number of nitrogens with zero attached hydrogens (tertiary/aromatic N) is 2. The lowest BCUT2D eigenvalue weighted by Crippen LogP contribution is -2.63. The molecule has 0 atom stereocenters. The van der Waals surface area contributed by atoms with E-state index >= 15 is 0 Å². The Balaban J connectivity index is 0.000000270. The van der Waals surface area contributed by atoms with E-state index in [0.717, 1.165) is 46.7 Å². The molecule has 5 amide bonds. The molecule has 92 heavy (non-hydrogen) atoms. The number of likely N-dealkylation sites (N-methyl/N-ethyl adjacent to an activating group) is 2. The maximum Gasteiger partial charge on any atom is 0.327 e. The molecule has 6 aromatic carbocycles. The highest BCUT2D eigenvalue weighted by Gasteiger charge is 2.39. The lowest BCUT2D eigenvalue weighted by molar-refractivity contribution is -0.139. The Morgan fingerprint density at radius 1 is 0.576 bits per heavy atom. The zero-order valence-corrected chi connectivity index (χ0v) is 56.4. The second kappa shape index (κ2) is 32.4. The fourth-order valence-electron chi connectivity index (χ4n) is 11.0. The van der Waals surface area contributed by atoms with E-state index in [9.17, 15) is 40.8 Å². The van der Waals surface area contributed by atoms with Crippen LogP contribution in [0.3, 0.4) is 0 Å². The van der Waals surface area contributed by atoms with E-state index in [-0.39, 0.29) is 56.4 Å². The van der Waals surface area contributed by atoms with Crippen molar-refractivity contribution in [1.82, 2.24) is 36.8 Å². The summed E-state index contributed by atoms with van der Waals surface area (Å²) in [7, 11) is -7.53. The number of carbonyl (C=O) groups excluding carboxylic acids is 5. The van der Waals surface area contributed by atoms with Gasteiger partial charge in [0, 0.05) is 60.4 Å². The Kier molecular flexibility index (Phi) is 25.1. The zero-order chi connectivity index (χ0) is 66.8. The Morgan fingerprint density at radius 3 is 1.58 bits per heavy atom. The van der Waals surface area contributed by atoms with Crippen molar-refractivity contribution < 1.29 is 45.5 Å². The van der Waals surface area contributed by atoms with Crippen LogP contribution in [0.25, 0.3) is 0 Å². The minimum Gasteiger partial charge on any atom is -0.493 e. The Bertz CT molecular complexity index is 3650. The van der Waals surface area contributed by atoms with Gasteiger partial charge in [-0.15, -0.1) is 11.8 Å². The minimum absolute atomic E-state index is 0.0259. The van der Waals surface area contributed by atoms with Gasteiger partial charge in [-0.3, -0.25) is 55.1 Å². The number of hydrazine groups is 3. The van der Waals surface area contributed by atoms with E-state index in [4.69, 9.17) is 4.74 Å². The molecule has 0 unspecified atom stereocenters. The number of unbranched alkanes of at least 4 members (excludes halogenated alkanes) is 1. The molecule has 0 radical (unpaired) electrons. The molecule has 0 saturated carbocycles. The molecule has 494 valence electrons. The van der Waals surface area contributed by atoms with Crippen LogP contribution in [0.5, 0.6) is 5.75 Å². The maximum absolute atomic E-state index is 13.3. The first-order valence-electron chi connectivity index (χ1n) is 30.7. The van der Waals surface area contributed by atoms with Crippen molar-refractivity contribution in [3.8, 4) is 5.75 Å². The second-order valence-electron chi connectivity index (χ2n) is 24.4. The van der Waals surface area contributed by atoms with Crippen molar-refractivity contribution in [2.75, 3.05) is 69.9 Å². The number of ether oxygens (including phenoxy) is 1. The molecule has 2 saturated heterocycles. The first-order valence-corrected chi connectivity index (χ1v) is 34.9. The molecule has 0 aromatic heterocycles. The monoisotopic (exact) mass is 1320 g/mol. The van der Waals surface area contributed by atoms with Crippen molar-refractivity contribution in [3.63, 3.8) is 0 Å². The predicted octanol–water partition coefficient (Wildman–Crippen LogP) is 8.84. The molecule has 2 aliphatic rings. The van der Waals surface area contributed by atoms with E-state index in [1.807, 2.05) is 59.7 Å². The maximum atomic E-state index is 13.3. The number of carbonyl (C=O) groups is 5. The highest BCUT2D eigenvalue weighted by molar-refractivity contribution is 8.00. The highest BCUT2D eigenvalue weighted by Crippen LogP contribution is 2.36. The van der Waals surface area contributed by atoms with Crippen LogP contribution in [0, 0.1) is 27.7 Å². The summed E-state index contributed by atoms with van der Waals surface area (Å²) < 4.78 is 62.3. The van der Waals surface area contributed by atoms with E-state index in [2.05, 4.69) is 139 Å². The van der Waals surface area contributed by atoms with Gasteiger partial charge in [-0.1, -0.05) is 97.3 Å². The number of amides is 5. The summed E-state index contributed by atoms with van der Waals surface area (Å²) >= 11 is 1.50. The summed E-state index contributed by atoms with van der Waals surface area (Å²) in [4.78, 5) is 62.6. The second-order valence-corrected chi connectivity index (χ2v) is 29.0. The molecule has 0 spiro atoms. The van der Waals surface area contributed by atoms with Crippen LogP contribution in [-0.4, -0.2) is 124 Å². The smallest absolute Gasteiger partial charge is 0.327 e. The number of anilines is 5. The normalized spacial score (nSPS) is 15.0. The number of benzene rings is 6. The number of aryl methyl sites for hydroxylation is 4. The van der Waals surface area contributed by atoms with Gasteiger partial charge < -0.3 is 26.0 Å². The van der Waals surface area contributed by atoms with Crippen molar-refractivity contribution >= 4 is 89.8 Å². The van der Waals surface area contributed by atoms with E-state index < -0.39 is 43.7 Å². The Morgan fingerprint density at radius 2 is 1.07 bits per heavy atom. The number of piperidine rings is 1. The van der Waals surface area contributed by atoms with Crippen LogP contribution in [0.1, 0.15) is 106 Å². The van der Waals surface area contributed by atoms with Gasteiger partial charge in [-0.2, -0.15) is 0 Å². The molecule has 10 N–H and O–H groups in total. The molecule has 0 aliphatic carbocycles. The van der Waals surface area contributed by atoms with E-state index in [1.165, 1.54) is 41.6 Å². The first kappa shape index (κ1) is 71.2. The first-order chi connectivity index (χ1) is 43.6. The van der Waals surface area contributed by atoms with Gasteiger partial charge in [-0.25, -0.2) is 26.9 Å². The van der Waals surface area contributed by atoms with Crippen molar-refractivity contribution in [2.24, 2.45) is 0 Å². The number of hydrogen-bond donors (Lipinski definition) is 10. The molecule has 25 heteroatoms. The molecular weight excluding hydrogens is 1230 g/mol. The third-order valence-electron chi connectivity index (χ3n) is 15.2. The summed E-state index contributed by atoms with van der Waals surface area (Å²) in [6, 6.07) is 40.8. The number of sulfonamides is 2. The van der Waals surface area contributed by atoms with Gasteiger partial charge in [0.25, 0.3) is 10.0 Å². The molecule has 2 heterocycles. The van der Waals surface area contributed by atoms with Gasteiger partial charge >= 0.3 is 23.6 Å². The summed E-state index contributed by atoms with van der Waals surface area (Å²) in [6.45, 7) is 23.8. The largest absolute Gasteiger partial charge is 0.493 e. The average Bonchev–Trinajstić information content (AvgIpc) is 1.39. The average molecular weight is 1320 g/mol. The van der Waals surface area contributed by atoms with Crippen LogP contribution < -0.4 is 57.2 Å². The number of nitrogens with one attached hydrogen (secondary N) is 10. The minimum atomic E-state index is -4.01. The molecule has 6 aromatic rings. The van der Waals surface area contributed by atoms with Crippen LogP contribution in [0.2, 0.25) is 0 Å². The molecular formula is C67H88N12O10S3. The Hall–Kier alpha value is -8.20. The predicted molar refractivity (Wildman–Crippen MR) is 366 cm³/mol. The van der Waals surface area contributed by atoms with Crippen molar-refractivity contribution in [2.45, 2.75) is 128 Å². The molecule has 2 fully saturated rings. The SMILES string of the molecule is CCN1CC(NC(=O)C(=O)NNc2ccc(NS(=O)(=O)c3cccc(NC(=O)CSC(c4ccc(C)cc4)c4ccc(C)cc4)c3)cc2)CN1CC.Cc1ccc(OCCCCS(=O)(=O)Nc2ccc(NNC(=O)C(=O)NC3CC(C)(C)NC(C)(C)C3)cc2)c(C)c1. The van der Waals surface area contributed by atoms with Gasteiger partial charge in [0.05, 0.1) is 45.7 Å². The lowest BCUT2D eigenvalue weighted by atomic mass is 9.79. The van der Waals surface area contributed by atoms with Crippen molar-refractivity contribution in [3.05, 3.63) is 173 Å². The molecule has 2 aliphatic heterocycles. The zero-order valence-electron chi connectivity index (χ0n) is 54.0. The fraction of sp³-hybridized carbons (Fsp3) is 0.388. The number of hydrogen-bond acceptors (Lipinski definition) is 16. The summed E-state index contributed by atoms with van der Waals surface area (Å²) in [5.74, 6) is -2.42. The third-order valence-corrected chi connectivity index (χ3v) is 19.2. The van der Waals surface area contributed by atoms with E-state index in [1.54, 1.807) is 48.5 Å². The van der Waals surface area contributed by atoms with Gasteiger partial charge in [0.15, 0.2) is 0 Å². The molecule has 0 bridgehead atoms. The van der Waals surface area contributed by atoms with Gasteiger partial charge in [0.2, 0.25) is 15.9 Å². The van der Waals surface area contributed by atoms with Crippen molar-refractivity contribution in [1.29, 1.82) is 0 Å². The summed E-state index contributed by atoms with van der Waals surface area (Å²) in [5, 5.41) is 16.2. The Labute approximate surface area is 546 Å². The number of thioether (sulfide) groups is 1. The molecule has 22 nitrogen and oxygen atoms in total. The topological polar surface area (TPSA) is 290 Å². The van der Waals surface area contributed by atoms with Crippen LogP contribution in [0.4, 0.5) is 28.4 Å². The van der Waals surface area contributed by atoms with Crippen LogP contribution in [-0.2, 0) is 44.0 Å². The fourth-order valence-corrected chi connectivity index (χ4v) is 14.4. The van der Waals surface area contributed by atoms with E-state index in [0.29, 0.717) is 68.1 Å². The van der Waals surface area contributed by atoms with Gasteiger partial charge in [0.1, 0.15) is 5.75 Å². The number of rotatable bonds is 25. The quantitative estimate of drug-likeness (QED) is 0.0145. The van der Waals surface area contributed by atoms with Gasteiger partial charge in [-0.05, 0) is 171 Å².